The van der Waals surface area contributed by atoms with Gasteiger partial charge in [0.15, 0.2) is 0 Å². The van der Waals surface area contributed by atoms with Crippen LogP contribution in [0.5, 0.6) is 0 Å². The average Bonchev–Trinajstić information content (AvgIpc) is 2.27. The molecule has 1 atom stereocenters. The molecule has 100 valence electrons. The lowest BCUT2D eigenvalue weighted by Gasteiger charge is -2.39. The van der Waals surface area contributed by atoms with E-state index in [1.165, 1.54) is 12.8 Å². The second kappa shape index (κ2) is 5.10. The Morgan fingerprint density at radius 3 is 2.67 bits per heavy atom. The van der Waals surface area contributed by atoms with Crippen LogP contribution in [0, 0.1) is 5.41 Å². The summed E-state index contributed by atoms with van der Waals surface area (Å²) >= 11 is 6.35. The molecule has 0 aromatic heterocycles. The van der Waals surface area contributed by atoms with Crippen LogP contribution >= 0.6 is 11.6 Å². The zero-order chi connectivity index (χ0) is 13.3. The quantitative estimate of drug-likeness (QED) is 0.875. The topological polar surface area (TPSA) is 23.5 Å². The van der Waals surface area contributed by atoms with E-state index in [0.717, 1.165) is 29.4 Å². The normalized spacial score (nSPS) is 20.8. The Hall–Kier alpha value is -0.730. The van der Waals surface area contributed by atoms with E-state index in [4.69, 9.17) is 11.6 Å². The molecule has 2 nitrogen and oxygen atoms in total. The molecule has 1 saturated heterocycles. The van der Waals surface area contributed by atoms with Crippen molar-refractivity contribution in [3.05, 3.63) is 28.8 Å². The van der Waals surface area contributed by atoms with Gasteiger partial charge in [-0.1, -0.05) is 31.5 Å². The summed E-state index contributed by atoms with van der Waals surface area (Å²) < 4.78 is 0. The summed E-state index contributed by atoms with van der Waals surface area (Å²) in [5.74, 6) is 0. The summed E-state index contributed by atoms with van der Waals surface area (Å²) in [7, 11) is 0. The number of anilines is 1. The van der Waals surface area contributed by atoms with Crippen LogP contribution < -0.4 is 4.90 Å². The molecule has 0 amide bonds. The lowest BCUT2D eigenvalue weighted by Crippen LogP contribution is -2.40. The van der Waals surface area contributed by atoms with Crippen LogP contribution in [0.4, 0.5) is 5.69 Å². The Bertz CT molecular complexity index is 429. The van der Waals surface area contributed by atoms with Gasteiger partial charge in [-0.15, -0.1) is 0 Å². The highest BCUT2D eigenvalue weighted by Gasteiger charge is 2.27. The Balaban J connectivity index is 2.23. The number of hydrogen-bond acceptors (Lipinski definition) is 2. The largest absolute Gasteiger partial charge is 0.389 e. The van der Waals surface area contributed by atoms with Crippen LogP contribution in [0.15, 0.2) is 18.2 Å². The van der Waals surface area contributed by atoms with Gasteiger partial charge in [0.25, 0.3) is 0 Å². The summed E-state index contributed by atoms with van der Waals surface area (Å²) in [5, 5.41) is 10.3. The minimum Gasteiger partial charge on any atom is -0.389 e. The molecule has 1 heterocycles. The molecule has 1 aromatic carbocycles. The standard InChI is InChI=1S/C15H22ClNO/c1-11(18)12-5-6-14(13(16)9-12)17-8-4-7-15(2,3)10-17/h5-6,9,11,18H,4,7-8,10H2,1-3H3/t11-/m1/s1. The average molecular weight is 268 g/mol. The van der Waals surface area contributed by atoms with E-state index in [0.29, 0.717) is 5.41 Å². The fraction of sp³-hybridized carbons (Fsp3) is 0.600. The molecule has 1 fully saturated rings. The maximum absolute atomic E-state index is 9.56. The predicted molar refractivity (Wildman–Crippen MR) is 77.3 cm³/mol. The number of rotatable bonds is 2. The highest BCUT2D eigenvalue weighted by Crippen LogP contribution is 2.35. The van der Waals surface area contributed by atoms with E-state index >= 15 is 0 Å². The monoisotopic (exact) mass is 267 g/mol. The number of halogens is 1. The highest BCUT2D eigenvalue weighted by molar-refractivity contribution is 6.33. The van der Waals surface area contributed by atoms with E-state index in [1.54, 1.807) is 6.92 Å². The van der Waals surface area contributed by atoms with Crippen molar-refractivity contribution in [2.45, 2.75) is 39.7 Å². The lowest BCUT2D eigenvalue weighted by molar-refractivity contribution is 0.199. The number of piperidine rings is 1. The molecule has 0 bridgehead atoms. The molecule has 0 aliphatic carbocycles. The molecule has 0 unspecified atom stereocenters. The van der Waals surface area contributed by atoms with Gasteiger partial charge >= 0.3 is 0 Å². The highest BCUT2D eigenvalue weighted by atomic mass is 35.5. The van der Waals surface area contributed by atoms with Gasteiger partial charge in [0.05, 0.1) is 16.8 Å². The maximum atomic E-state index is 9.56. The van der Waals surface area contributed by atoms with Gasteiger partial charge in [-0.25, -0.2) is 0 Å². The SMILES string of the molecule is C[C@@H](O)c1ccc(N2CCCC(C)(C)C2)c(Cl)c1. The summed E-state index contributed by atoms with van der Waals surface area (Å²) in [6.07, 6.45) is 2.02. The van der Waals surface area contributed by atoms with Crippen LogP contribution in [0.1, 0.15) is 45.3 Å². The zero-order valence-electron chi connectivity index (χ0n) is 11.4. The van der Waals surface area contributed by atoms with Crippen molar-refractivity contribution >= 4 is 17.3 Å². The first-order valence-corrected chi connectivity index (χ1v) is 6.99. The van der Waals surface area contributed by atoms with Crippen molar-refractivity contribution in [1.29, 1.82) is 0 Å². The van der Waals surface area contributed by atoms with Gasteiger partial charge < -0.3 is 10.0 Å². The van der Waals surface area contributed by atoms with E-state index in [-0.39, 0.29) is 0 Å². The van der Waals surface area contributed by atoms with E-state index < -0.39 is 6.10 Å². The minimum absolute atomic E-state index is 0.352. The number of benzene rings is 1. The Kier molecular flexibility index (Phi) is 3.88. The van der Waals surface area contributed by atoms with Crippen LogP contribution in [0.25, 0.3) is 0 Å². The Labute approximate surface area is 115 Å². The molecule has 1 aliphatic rings. The van der Waals surface area contributed by atoms with Gasteiger partial charge in [-0.05, 0) is 42.9 Å². The van der Waals surface area contributed by atoms with Crippen LogP contribution in [-0.4, -0.2) is 18.2 Å². The third-order valence-electron chi connectivity index (χ3n) is 3.70. The number of nitrogens with zero attached hydrogens (tertiary/aromatic N) is 1. The second-order valence-corrected chi connectivity index (χ2v) is 6.48. The van der Waals surface area contributed by atoms with Crippen LogP contribution in [-0.2, 0) is 0 Å². The van der Waals surface area contributed by atoms with Gasteiger partial charge in [0, 0.05) is 13.1 Å². The molecule has 0 radical (unpaired) electrons. The second-order valence-electron chi connectivity index (χ2n) is 6.08. The third-order valence-corrected chi connectivity index (χ3v) is 4.00. The molecule has 3 heteroatoms. The number of hydrogen-bond donors (Lipinski definition) is 1. The van der Waals surface area contributed by atoms with Crippen molar-refractivity contribution in [1.82, 2.24) is 0 Å². The van der Waals surface area contributed by atoms with E-state index in [1.807, 2.05) is 18.2 Å². The van der Waals surface area contributed by atoms with Crippen LogP contribution in [0.3, 0.4) is 0 Å². The first kappa shape index (κ1) is 13.7. The summed E-state index contributed by atoms with van der Waals surface area (Å²) in [5.41, 5.74) is 2.32. The van der Waals surface area contributed by atoms with Crippen LogP contribution in [0.2, 0.25) is 5.02 Å². The van der Waals surface area contributed by atoms with E-state index in [9.17, 15) is 5.11 Å². The predicted octanol–water partition coefficient (Wildman–Crippen LogP) is 4.02. The van der Waals surface area contributed by atoms with Crippen molar-refractivity contribution in [3.8, 4) is 0 Å². The summed E-state index contributed by atoms with van der Waals surface area (Å²) in [4.78, 5) is 2.36. The van der Waals surface area contributed by atoms with Crippen molar-refractivity contribution in [2.24, 2.45) is 5.41 Å². The molecule has 2 rings (SSSR count). The molecular formula is C15H22ClNO. The van der Waals surface area contributed by atoms with Gasteiger partial charge in [0.1, 0.15) is 0 Å². The molecule has 1 aromatic rings. The molecule has 18 heavy (non-hydrogen) atoms. The molecule has 0 spiro atoms. The first-order chi connectivity index (χ1) is 8.39. The van der Waals surface area contributed by atoms with Gasteiger partial charge in [-0.3, -0.25) is 0 Å². The third kappa shape index (κ3) is 2.99. The van der Waals surface area contributed by atoms with E-state index in [2.05, 4.69) is 18.7 Å². The smallest absolute Gasteiger partial charge is 0.0762 e. The Morgan fingerprint density at radius 2 is 2.11 bits per heavy atom. The molecule has 1 aliphatic heterocycles. The fourth-order valence-corrected chi connectivity index (χ4v) is 2.98. The lowest BCUT2D eigenvalue weighted by atomic mass is 9.84. The number of aliphatic hydroxyl groups is 1. The maximum Gasteiger partial charge on any atom is 0.0762 e. The molecule has 1 N–H and O–H groups in total. The van der Waals surface area contributed by atoms with Gasteiger partial charge in [0.2, 0.25) is 0 Å². The van der Waals surface area contributed by atoms with Crippen molar-refractivity contribution in [2.75, 3.05) is 18.0 Å². The fourth-order valence-electron chi connectivity index (χ4n) is 2.67. The molecular weight excluding hydrogens is 246 g/mol. The Morgan fingerprint density at radius 1 is 1.39 bits per heavy atom. The van der Waals surface area contributed by atoms with Crippen molar-refractivity contribution in [3.63, 3.8) is 0 Å². The molecule has 0 saturated carbocycles. The summed E-state index contributed by atoms with van der Waals surface area (Å²) in [6.45, 7) is 8.47. The number of aliphatic hydroxyl groups excluding tert-OH is 1. The van der Waals surface area contributed by atoms with Crippen molar-refractivity contribution < 1.29 is 5.11 Å². The first-order valence-electron chi connectivity index (χ1n) is 6.61. The van der Waals surface area contributed by atoms with Gasteiger partial charge in [-0.2, -0.15) is 0 Å². The minimum atomic E-state index is -0.464. The summed E-state index contributed by atoms with van der Waals surface area (Å²) in [6, 6.07) is 5.88. The zero-order valence-corrected chi connectivity index (χ0v) is 12.2.